The molecule has 0 spiro atoms. The van der Waals surface area contributed by atoms with Crippen LogP contribution in [0.3, 0.4) is 0 Å². The largest absolute Gasteiger partial charge is 0.417 e. The van der Waals surface area contributed by atoms with Crippen molar-refractivity contribution >= 4 is 5.91 Å². The van der Waals surface area contributed by atoms with E-state index in [1.807, 2.05) is 0 Å². The summed E-state index contributed by atoms with van der Waals surface area (Å²) in [5.74, 6) is 0.00102. The van der Waals surface area contributed by atoms with Crippen molar-refractivity contribution in [1.29, 1.82) is 0 Å². The number of hydrogen-bond donors (Lipinski definition) is 1. The number of benzene rings is 1. The van der Waals surface area contributed by atoms with Gasteiger partial charge in [-0.3, -0.25) is 4.79 Å². The third-order valence-electron chi connectivity index (χ3n) is 4.16. The number of likely N-dealkylation sites (tertiary alicyclic amines) is 1. The second kappa shape index (κ2) is 5.90. The van der Waals surface area contributed by atoms with E-state index in [9.17, 15) is 23.1 Å². The highest BCUT2D eigenvalue weighted by atomic mass is 19.4. The van der Waals surface area contributed by atoms with Crippen LogP contribution in [-0.2, 0) is 0 Å². The number of rotatable bonds is 2. The first-order valence-electron chi connectivity index (χ1n) is 7.25. The van der Waals surface area contributed by atoms with Crippen molar-refractivity contribution in [3.63, 3.8) is 0 Å². The van der Waals surface area contributed by atoms with E-state index in [4.69, 9.17) is 0 Å². The van der Waals surface area contributed by atoms with E-state index in [1.54, 1.807) is 24.3 Å². The molecule has 24 heavy (non-hydrogen) atoms. The topological polar surface area (TPSA) is 79.5 Å². The third-order valence-corrected chi connectivity index (χ3v) is 4.16. The zero-order chi connectivity index (χ0) is 17.4. The first kappa shape index (κ1) is 16.4. The van der Waals surface area contributed by atoms with Gasteiger partial charge >= 0.3 is 6.18 Å². The fourth-order valence-corrected chi connectivity index (χ4v) is 2.61. The highest BCUT2D eigenvalue weighted by Gasteiger charge is 2.54. The van der Waals surface area contributed by atoms with Crippen LogP contribution in [0.25, 0.3) is 11.4 Å². The first-order valence-corrected chi connectivity index (χ1v) is 7.25. The summed E-state index contributed by atoms with van der Waals surface area (Å²) in [6, 6.07) is 6.37. The zero-order valence-electron chi connectivity index (χ0n) is 12.5. The van der Waals surface area contributed by atoms with Gasteiger partial charge in [-0.05, 0) is 12.1 Å². The Hall–Kier alpha value is -2.42. The quantitative estimate of drug-likeness (QED) is 0.906. The smallest absolute Gasteiger partial charge is 0.380 e. The van der Waals surface area contributed by atoms with Crippen LogP contribution in [0.1, 0.15) is 23.2 Å². The molecule has 0 radical (unpaired) electrons. The lowest BCUT2D eigenvalue weighted by Gasteiger charge is -2.39. The summed E-state index contributed by atoms with van der Waals surface area (Å²) < 4.78 is 43.0. The molecule has 0 aliphatic carbocycles. The predicted octanol–water partition coefficient (Wildman–Crippen LogP) is 2.27. The molecule has 9 heteroatoms. The molecule has 0 unspecified atom stereocenters. The van der Waals surface area contributed by atoms with Gasteiger partial charge in [0, 0.05) is 37.1 Å². The minimum absolute atomic E-state index is 0.151. The number of aromatic nitrogens is 2. The maximum absolute atomic E-state index is 12.8. The lowest BCUT2D eigenvalue weighted by molar-refractivity contribution is -0.271. The fraction of sp³-hybridized carbons (Fsp3) is 0.400. The highest BCUT2D eigenvalue weighted by Crippen LogP contribution is 2.38. The molecule has 1 aliphatic rings. The van der Waals surface area contributed by atoms with E-state index in [1.165, 1.54) is 11.3 Å². The molecule has 1 fully saturated rings. The molecule has 6 nitrogen and oxygen atoms in total. The van der Waals surface area contributed by atoms with Gasteiger partial charge in [-0.2, -0.15) is 18.2 Å². The Balaban J connectivity index is 1.68. The number of hydrogen-bond acceptors (Lipinski definition) is 5. The molecule has 2 aromatic rings. The number of carbonyl (C=O) groups excluding carboxylic acids is 1. The molecular formula is C15H14F3N3O3. The van der Waals surface area contributed by atoms with Crippen LogP contribution in [-0.4, -0.2) is 50.9 Å². The first-order chi connectivity index (χ1) is 11.3. The minimum atomic E-state index is -4.69. The number of alkyl halides is 3. The van der Waals surface area contributed by atoms with E-state index in [0.29, 0.717) is 17.0 Å². The molecule has 1 aromatic carbocycles. The van der Waals surface area contributed by atoms with Crippen LogP contribution < -0.4 is 0 Å². The average Bonchev–Trinajstić information content (AvgIpc) is 3.08. The number of piperidine rings is 1. The molecular weight excluding hydrogens is 327 g/mol. The summed E-state index contributed by atoms with van der Waals surface area (Å²) in [5, 5.41) is 13.3. The van der Waals surface area contributed by atoms with Gasteiger partial charge in [-0.25, -0.2) is 0 Å². The molecule has 1 N–H and O–H groups in total. The number of aliphatic hydroxyl groups is 1. The second-order valence-corrected chi connectivity index (χ2v) is 5.65. The molecule has 0 bridgehead atoms. The van der Waals surface area contributed by atoms with Crippen LogP contribution in [0.2, 0.25) is 0 Å². The summed E-state index contributed by atoms with van der Waals surface area (Å²) in [5.41, 5.74) is -1.71. The SMILES string of the molecule is O=C(c1ccc(-c2ncon2)cc1)N1CCC(O)(C(F)(F)F)CC1. The summed E-state index contributed by atoms with van der Waals surface area (Å²) in [4.78, 5) is 17.6. The van der Waals surface area contributed by atoms with E-state index < -0.39 is 24.6 Å². The molecule has 1 aliphatic heterocycles. The summed E-state index contributed by atoms with van der Waals surface area (Å²) >= 11 is 0. The fourth-order valence-electron chi connectivity index (χ4n) is 2.61. The second-order valence-electron chi connectivity index (χ2n) is 5.65. The van der Waals surface area contributed by atoms with Gasteiger partial charge in [0.25, 0.3) is 5.91 Å². The Morgan fingerprint density at radius 1 is 1.21 bits per heavy atom. The van der Waals surface area contributed by atoms with Gasteiger partial charge in [-0.15, -0.1) is 0 Å². The van der Waals surface area contributed by atoms with Gasteiger partial charge in [0.1, 0.15) is 0 Å². The number of amides is 1. The lowest BCUT2D eigenvalue weighted by Crippen LogP contribution is -2.54. The van der Waals surface area contributed by atoms with Gasteiger partial charge in [0.15, 0.2) is 5.60 Å². The molecule has 128 valence electrons. The number of carbonyl (C=O) groups is 1. The zero-order valence-corrected chi connectivity index (χ0v) is 12.5. The Bertz CT molecular complexity index is 706. The van der Waals surface area contributed by atoms with Gasteiger partial charge in [0.05, 0.1) is 0 Å². The van der Waals surface area contributed by atoms with Crippen molar-refractivity contribution in [2.24, 2.45) is 0 Å². The summed E-state index contributed by atoms with van der Waals surface area (Å²) in [7, 11) is 0. The molecule has 3 rings (SSSR count). The number of nitrogens with zero attached hydrogens (tertiary/aromatic N) is 3. The maximum Gasteiger partial charge on any atom is 0.417 e. The van der Waals surface area contributed by atoms with E-state index in [0.717, 1.165) is 0 Å². The summed E-state index contributed by atoms with van der Waals surface area (Å²) in [6.07, 6.45) is -4.55. The molecule has 0 saturated carbocycles. The summed E-state index contributed by atoms with van der Waals surface area (Å²) in [6.45, 7) is -0.303. The Morgan fingerprint density at radius 2 is 1.83 bits per heavy atom. The van der Waals surface area contributed by atoms with Crippen LogP contribution in [0.15, 0.2) is 35.2 Å². The lowest BCUT2D eigenvalue weighted by atomic mass is 9.90. The molecule has 1 amide bonds. The monoisotopic (exact) mass is 341 g/mol. The Morgan fingerprint density at radius 3 is 2.33 bits per heavy atom. The Labute approximate surface area is 134 Å². The van der Waals surface area contributed by atoms with Crippen molar-refractivity contribution in [3.8, 4) is 11.4 Å². The van der Waals surface area contributed by atoms with Crippen molar-refractivity contribution in [2.45, 2.75) is 24.6 Å². The minimum Gasteiger partial charge on any atom is -0.380 e. The van der Waals surface area contributed by atoms with Gasteiger partial charge in [-0.1, -0.05) is 17.3 Å². The highest BCUT2D eigenvalue weighted by molar-refractivity contribution is 5.94. The van der Waals surface area contributed by atoms with Crippen molar-refractivity contribution in [1.82, 2.24) is 15.0 Å². The predicted molar refractivity (Wildman–Crippen MR) is 75.9 cm³/mol. The van der Waals surface area contributed by atoms with E-state index >= 15 is 0 Å². The van der Waals surface area contributed by atoms with E-state index in [2.05, 4.69) is 14.7 Å². The van der Waals surface area contributed by atoms with Crippen LogP contribution in [0.4, 0.5) is 13.2 Å². The van der Waals surface area contributed by atoms with Crippen molar-refractivity contribution < 1.29 is 27.6 Å². The third kappa shape index (κ3) is 2.99. The van der Waals surface area contributed by atoms with Gasteiger partial charge < -0.3 is 14.5 Å². The van der Waals surface area contributed by atoms with Crippen molar-refractivity contribution in [3.05, 3.63) is 36.2 Å². The molecule has 0 atom stereocenters. The Kier molecular flexibility index (Phi) is 4.04. The normalized spacial score (nSPS) is 17.8. The van der Waals surface area contributed by atoms with E-state index in [-0.39, 0.29) is 19.0 Å². The van der Waals surface area contributed by atoms with Crippen LogP contribution in [0, 0.1) is 0 Å². The van der Waals surface area contributed by atoms with Crippen LogP contribution in [0.5, 0.6) is 0 Å². The number of halogens is 3. The maximum atomic E-state index is 12.8. The molecule has 1 saturated heterocycles. The van der Waals surface area contributed by atoms with Crippen molar-refractivity contribution in [2.75, 3.05) is 13.1 Å². The van der Waals surface area contributed by atoms with Gasteiger partial charge in [0.2, 0.25) is 12.2 Å². The van der Waals surface area contributed by atoms with Crippen LogP contribution >= 0.6 is 0 Å². The molecule has 1 aromatic heterocycles. The standard InChI is InChI=1S/C15H14F3N3O3/c16-15(17,18)14(23)5-7-21(8-6-14)13(22)11-3-1-10(2-4-11)12-19-9-24-20-12/h1-4,9,23H,5-8H2. The molecule has 2 heterocycles. The average molecular weight is 341 g/mol.